The Morgan fingerprint density at radius 1 is 0.807 bits per heavy atom. The van der Waals surface area contributed by atoms with E-state index in [0.29, 0.717) is 58.6 Å². The number of carbonyl (C=O) groups is 3. The Kier molecular flexibility index (Phi) is 11.1. The number of hydrogen-bond acceptors (Lipinski definition) is 12. The van der Waals surface area contributed by atoms with Crippen molar-refractivity contribution in [2.45, 2.75) is 38.6 Å². The summed E-state index contributed by atoms with van der Waals surface area (Å²) in [6.07, 6.45) is 15.9. The number of nitrogens with zero attached hydrogens (tertiary/aromatic N) is 8. The minimum atomic E-state index is -0.445. The Morgan fingerprint density at radius 3 is 2.09 bits per heavy atom. The zero-order chi connectivity index (χ0) is 39.1. The number of ether oxygens (including phenoxy) is 2. The molecule has 2 atom stereocenters. The van der Waals surface area contributed by atoms with Crippen LogP contribution in [0.4, 0.5) is 15.1 Å². The maximum absolute atomic E-state index is 13.3. The van der Waals surface area contributed by atoms with Gasteiger partial charge in [-0.25, -0.2) is 19.8 Å². The maximum atomic E-state index is 13.3. The van der Waals surface area contributed by atoms with Crippen LogP contribution < -0.4 is 10.6 Å². The van der Waals surface area contributed by atoms with Crippen molar-refractivity contribution in [2.75, 3.05) is 23.8 Å². The molecule has 1 fully saturated rings. The zero-order valence-electron chi connectivity index (χ0n) is 30.6. The number of aliphatic imine (C=N–C) groups is 1. The molecule has 17 heteroatoms. The number of nitrogens with one attached hydrogen (secondary N) is 2. The molecule has 1 saturated heterocycles. The molecule has 6 aromatic rings. The molecule has 0 bridgehead atoms. The number of anilines is 2. The van der Waals surface area contributed by atoms with E-state index in [1.807, 2.05) is 99.9 Å². The third-order valence-electron chi connectivity index (χ3n) is 9.08. The summed E-state index contributed by atoms with van der Waals surface area (Å²) in [7, 11) is 0. The first-order valence-electron chi connectivity index (χ1n) is 18.0. The van der Waals surface area contributed by atoms with Gasteiger partial charge in [-0.15, -0.1) is 22.7 Å². The molecule has 8 rings (SSSR count). The molecule has 2 unspecified atom stereocenters. The minimum absolute atomic E-state index is 0.0366. The summed E-state index contributed by atoms with van der Waals surface area (Å²) in [5.41, 5.74) is 4.96. The molecule has 0 saturated carbocycles. The maximum Gasteiger partial charge on any atom is 0.410 e. The molecule has 2 aliphatic heterocycles. The van der Waals surface area contributed by atoms with Crippen molar-refractivity contribution in [3.8, 4) is 0 Å². The van der Waals surface area contributed by atoms with E-state index >= 15 is 0 Å². The summed E-state index contributed by atoms with van der Waals surface area (Å²) in [6.45, 7) is 3.69. The van der Waals surface area contributed by atoms with Gasteiger partial charge in [0.05, 0.1) is 29.7 Å². The average molecular weight is 801 g/mol. The number of rotatable bonds is 14. The zero-order valence-corrected chi connectivity index (χ0v) is 32.2. The van der Waals surface area contributed by atoms with Crippen molar-refractivity contribution in [3.05, 3.63) is 142 Å². The summed E-state index contributed by atoms with van der Waals surface area (Å²) >= 11 is 2.66. The summed E-state index contributed by atoms with van der Waals surface area (Å²) in [5.74, 6) is 0.130. The first-order chi connectivity index (χ1) is 27.8. The third-order valence-corrected chi connectivity index (χ3v) is 10.6. The molecule has 57 heavy (non-hydrogen) atoms. The second kappa shape index (κ2) is 17.0. The van der Waals surface area contributed by atoms with Gasteiger partial charge in [-0.2, -0.15) is 0 Å². The van der Waals surface area contributed by atoms with E-state index in [1.54, 1.807) is 35.6 Å². The lowest BCUT2D eigenvalue weighted by Crippen LogP contribution is -2.31. The van der Waals surface area contributed by atoms with Crippen molar-refractivity contribution in [3.63, 3.8) is 0 Å². The van der Waals surface area contributed by atoms with Gasteiger partial charge in [-0.1, -0.05) is 12.2 Å². The fraction of sp³-hybridized carbons (Fsp3) is 0.200. The predicted molar refractivity (Wildman–Crippen MR) is 217 cm³/mol. The van der Waals surface area contributed by atoms with Crippen LogP contribution in [0, 0.1) is 0 Å². The van der Waals surface area contributed by atoms with Crippen molar-refractivity contribution >= 4 is 68.9 Å². The average Bonchev–Trinajstić information content (AvgIpc) is 4.07. The Labute approximate surface area is 335 Å². The molecular formula is C40H36N10O5S2. The van der Waals surface area contributed by atoms with Crippen LogP contribution >= 0.6 is 22.7 Å². The molecule has 288 valence electrons. The summed E-state index contributed by atoms with van der Waals surface area (Å²) in [4.78, 5) is 62.8. The minimum Gasteiger partial charge on any atom is -0.479 e. The topological polar surface area (TPSA) is 171 Å². The van der Waals surface area contributed by atoms with Crippen LogP contribution in [0.15, 0.2) is 107 Å². The number of cyclic esters (lactones) is 1. The van der Waals surface area contributed by atoms with Gasteiger partial charge in [-0.05, 0) is 71.8 Å². The molecule has 0 aromatic carbocycles. The van der Waals surface area contributed by atoms with E-state index in [-0.39, 0.29) is 37.0 Å². The standard InChI is InChI=1S/C40H36N10O5S2/c1-26-43-29(22-54-26)6-7-30-24-56-38(44-30)47-37(52)35-5-3-17-49(35)20-28-12-15-42-32(18-28)21-50-33(23-55-40(50)53)9-8-31-25-57-39(45-31)46-36(51)34-4-2-16-48(34)19-27-10-13-41-14-11-27/h2-18,24-25,29,33H,19-23H2,1H3,(H,44,47,52)(H,45,46,51)/b7-6+,9-8+. The van der Waals surface area contributed by atoms with Crippen LogP contribution in [0.3, 0.4) is 0 Å². The smallest absolute Gasteiger partial charge is 0.410 e. The lowest BCUT2D eigenvalue weighted by atomic mass is 10.2. The highest BCUT2D eigenvalue weighted by molar-refractivity contribution is 7.14. The van der Waals surface area contributed by atoms with Gasteiger partial charge in [0.15, 0.2) is 16.2 Å². The molecule has 15 nitrogen and oxygen atoms in total. The normalized spacial score (nSPS) is 16.6. The van der Waals surface area contributed by atoms with Gasteiger partial charge in [0.2, 0.25) is 0 Å². The first kappa shape index (κ1) is 37.2. The summed E-state index contributed by atoms with van der Waals surface area (Å²) in [5, 5.41) is 10.4. The Balaban J connectivity index is 0.860. The van der Waals surface area contributed by atoms with Crippen LogP contribution in [-0.4, -0.2) is 83.1 Å². The second-order valence-electron chi connectivity index (χ2n) is 13.1. The highest BCUT2D eigenvalue weighted by Crippen LogP contribution is 2.23. The molecule has 3 amide bonds. The van der Waals surface area contributed by atoms with E-state index in [2.05, 4.69) is 35.6 Å². The highest BCUT2D eigenvalue weighted by atomic mass is 32.1. The van der Waals surface area contributed by atoms with Crippen molar-refractivity contribution in [2.24, 2.45) is 4.99 Å². The first-order valence-corrected chi connectivity index (χ1v) is 19.7. The van der Waals surface area contributed by atoms with Gasteiger partial charge in [0, 0.05) is 61.8 Å². The van der Waals surface area contributed by atoms with Crippen LogP contribution in [0.2, 0.25) is 0 Å². The van der Waals surface area contributed by atoms with E-state index in [1.165, 1.54) is 22.7 Å². The van der Waals surface area contributed by atoms with Gasteiger partial charge in [-0.3, -0.25) is 35.1 Å². The SMILES string of the molecule is CC1=NC(/C=C/c2csc(NC(=O)c3cccn3Cc3ccnc(CN4C(=O)OCC4/C=C/c4csc(NC(=O)c5cccn5Cc5ccncc5)n4)c3)n2)CO1. The van der Waals surface area contributed by atoms with Gasteiger partial charge < -0.3 is 18.6 Å². The molecule has 2 N–H and O–H groups in total. The van der Waals surface area contributed by atoms with Gasteiger partial charge in [0.25, 0.3) is 11.8 Å². The number of hydrogen-bond donors (Lipinski definition) is 2. The van der Waals surface area contributed by atoms with Gasteiger partial charge >= 0.3 is 6.09 Å². The largest absolute Gasteiger partial charge is 0.479 e. The fourth-order valence-electron chi connectivity index (χ4n) is 6.29. The number of pyridine rings is 2. The lowest BCUT2D eigenvalue weighted by molar-refractivity contribution is 0.101. The number of thiazole rings is 2. The molecule has 2 aliphatic rings. The number of carbonyl (C=O) groups excluding carboxylic acids is 3. The summed E-state index contributed by atoms with van der Waals surface area (Å²) in [6, 6.07) is 14.4. The van der Waals surface area contributed by atoms with Crippen molar-refractivity contribution in [1.29, 1.82) is 0 Å². The summed E-state index contributed by atoms with van der Waals surface area (Å²) < 4.78 is 14.5. The predicted octanol–water partition coefficient (Wildman–Crippen LogP) is 6.46. The second-order valence-corrected chi connectivity index (χ2v) is 14.8. The Morgan fingerprint density at radius 2 is 1.44 bits per heavy atom. The molecular weight excluding hydrogens is 765 g/mol. The van der Waals surface area contributed by atoms with Crippen LogP contribution in [0.1, 0.15) is 56.1 Å². The Bertz CT molecular complexity index is 2480. The molecule has 8 heterocycles. The monoisotopic (exact) mass is 800 g/mol. The molecule has 0 radical (unpaired) electrons. The van der Waals surface area contributed by atoms with Crippen LogP contribution in [0.5, 0.6) is 0 Å². The van der Waals surface area contributed by atoms with E-state index in [9.17, 15) is 14.4 Å². The van der Waals surface area contributed by atoms with Crippen LogP contribution in [0.25, 0.3) is 12.2 Å². The third kappa shape index (κ3) is 9.22. The van der Waals surface area contributed by atoms with Crippen molar-refractivity contribution < 1.29 is 23.9 Å². The molecule has 0 spiro atoms. The quantitative estimate of drug-likeness (QED) is 0.126. The van der Waals surface area contributed by atoms with Gasteiger partial charge in [0.1, 0.15) is 30.6 Å². The van der Waals surface area contributed by atoms with E-state index in [0.717, 1.165) is 16.8 Å². The number of amides is 3. The molecule has 0 aliphatic carbocycles. The van der Waals surface area contributed by atoms with Crippen molar-refractivity contribution in [1.82, 2.24) is 34.0 Å². The van der Waals surface area contributed by atoms with E-state index in [4.69, 9.17) is 9.47 Å². The fourth-order valence-corrected chi connectivity index (χ4v) is 7.63. The van der Waals surface area contributed by atoms with E-state index < -0.39 is 6.09 Å². The highest BCUT2D eigenvalue weighted by Gasteiger charge is 2.31. The van der Waals surface area contributed by atoms with Crippen LogP contribution in [-0.2, 0) is 29.1 Å². The Hall–Kier alpha value is -6.72. The molecule has 6 aromatic heterocycles. The number of aromatic nitrogens is 6. The lowest BCUT2D eigenvalue weighted by Gasteiger charge is -2.18.